The summed E-state index contributed by atoms with van der Waals surface area (Å²) >= 11 is 0. The van der Waals surface area contributed by atoms with Crippen molar-refractivity contribution in [2.75, 3.05) is 0 Å². The van der Waals surface area contributed by atoms with Gasteiger partial charge in [0, 0.05) is 17.2 Å². The quantitative estimate of drug-likeness (QED) is 0.817. The summed E-state index contributed by atoms with van der Waals surface area (Å²) in [6.07, 6.45) is 3.90. The van der Waals surface area contributed by atoms with E-state index in [1.807, 2.05) is 18.2 Å². The zero-order valence-electron chi connectivity index (χ0n) is 14.4. The Bertz CT molecular complexity index is 719. The molecule has 0 saturated heterocycles. The number of amides is 1. The van der Waals surface area contributed by atoms with Gasteiger partial charge in [-0.25, -0.2) is 0 Å². The van der Waals surface area contributed by atoms with Gasteiger partial charge in [-0.05, 0) is 44.0 Å². The first kappa shape index (κ1) is 17.2. The van der Waals surface area contributed by atoms with E-state index in [0.29, 0.717) is 16.9 Å². The second kappa shape index (κ2) is 7.97. The van der Waals surface area contributed by atoms with Crippen molar-refractivity contribution in [2.45, 2.75) is 44.8 Å². The van der Waals surface area contributed by atoms with E-state index in [1.165, 1.54) is 12.8 Å². The van der Waals surface area contributed by atoms with Crippen molar-refractivity contribution in [3.8, 4) is 5.75 Å². The molecule has 2 aromatic rings. The summed E-state index contributed by atoms with van der Waals surface area (Å²) in [5.41, 5.74) is 1.25. The van der Waals surface area contributed by atoms with Crippen LogP contribution < -0.4 is 10.1 Å². The zero-order valence-corrected chi connectivity index (χ0v) is 14.4. The fourth-order valence-corrected chi connectivity index (χ4v) is 3.09. The van der Waals surface area contributed by atoms with Gasteiger partial charge in [0.05, 0.1) is 0 Å². The van der Waals surface area contributed by atoms with Crippen LogP contribution in [0.5, 0.6) is 5.75 Å². The Labute approximate surface area is 148 Å². The molecule has 1 aliphatic rings. The second-order valence-electron chi connectivity index (χ2n) is 6.47. The number of hydrogen-bond acceptors (Lipinski definition) is 3. The van der Waals surface area contributed by atoms with E-state index in [2.05, 4.69) is 5.32 Å². The number of carbonyl (C=O) groups excluding carboxylic acids is 2. The van der Waals surface area contributed by atoms with Gasteiger partial charge < -0.3 is 10.1 Å². The zero-order chi connectivity index (χ0) is 17.6. The van der Waals surface area contributed by atoms with Gasteiger partial charge in [-0.15, -0.1) is 0 Å². The molecule has 1 aliphatic carbocycles. The van der Waals surface area contributed by atoms with E-state index in [0.717, 1.165) is 12.8 Å². The molecule has 1 fully saturated rings. The lowest BCUT2D eigenvalue weighted by molar-refractivity contribution is -0.127. The molecule has 2 aromatic carbocycles. The van der Waals surface area contributed by atoms with Gasteiger partial charge in [0.1, 0.15) is 5.75 Å². The SMILES string of the molecule is C[C@H](Oc1ccc(C(=O)c2ccccc2)cc1)C(=O)NC1CCCC1. The van der Waals surface area contributed by atoms with Crippen LogP contribution in [0.4, 0.5) is 0 Å². The fraction of sp³-hybridized carbons (Fsp3) is 0.333. The van der Waals surface area contributed by atoms with Crippen LogP contribution in [0.2, 0.25) is 0 Å². The molecule has 25 heavy (non-hydrogen) atoms. The van der Waals surface area contributed by atoms with Gasteiger partial charge in [-0.1, -0.05) is 43.2 Å². The number of rotatable bonds is 6. The second-order valence-corrected chi connectivity index (χ2v) is 6.47. The predicted octanol–water partition coefficient (Wildman–Crippen LogP) is 3.74. The van der Waals surface area contributed by atoms with Gasteiger partial charge in [0.15, 0.2) is 11.9 Å². The largest absolute Gasteiger partial charge is 0.481 e. The Morgan fingerprint density at radius 3 is 2.20 bits per heavy atom. The molecule has 0 heterocycles. The fourth-order valence-electron chi connectivity index (χ4n) is 3.09. The molecule has 1 saturated carbocycles. The van der Waals surface area contributed by atoms with Crippen LogP contribution in [-0.4, -0.2) is 23.8 Å². The lowest BCUT2D eigenvalue weighted by Crippen LogP contribution is -2.41. The Morgan fingerprint density at radius 2 is 1.56 bits per heavy atom. The summed E-state index contributed by atoms with van der Waals surface area (Å²) in [4.78, 5) is 24.5. The number of carbonyl (C=O) groups is 2. The third-order valence-corrected chi connectivity index (χ3v) is 4.54. The molecule has 0 spiro atoms. The van der Waals surface area contributed by atoms with E-state index in [9.17, 15) is 9.59 Å². The van der Waals surface area contributed by atoms with Crippen LogP contribution in [0.1, 0.15) is 48.5 Å². The number of ether oxygens (including phenoxy) is 1. The number of ketones is 1. The van der Waals surface area contributed by atoms with Crippen LogP contribution in [0.25, 0.3) is 0 Å². The van der Waals surface area contributed by atoms with Gasteiger partial charge >= 0.3 is 0 Å². The number of benzene rings is 2. The van der Waals surface area contributed by atoms with Gasteiger partial charge in [0.2, 0.25) is 0 Å². The van der Waals surface area contributed by atoms with Crippen LogP contribution in [0.15, 0.2) is 54.6 Å². The average molecular weight is 337 g/mol. The monoisotopic (exact) mass is 337 g/mol. The first-order valence-electron chi connectivity index (χ1n) is 8.80. The Hall–Kier alpha value is -2.62. The molecule has 0 aliphatic heterocycles. The molecule has 4 nitrogen and oxygen atoms in total. The van der Waals surface area contributed by atoms with Crippen molar-refractivity contribution < 1.29 is 14.3 Å². The van der Waals surface area contributed by atoms with Crippen LogP contribution in [0.3, 0.4) is 0 Å². The molecule has 0 aromatic heterocycles. The Balaban J connectivity index is 1.58. The predicted molar refractivity (Wildman–Crippen MR) is 96.8 cm³/mol. The van der Waals surface area contributed by atoms with Crippen molar-refractivity contribution in [1.29, 1.82) is 0 Å². The highest BCUT2D eigenvalue weighted by atomic mass is 16.5. The molecule has 1 atom stereocenters. The smallest absolute Gasteiger partial charge is 0.260 e. The molecule has 0 bridgehead atoms. The van der Waals surface area contributed by atoms with E-state index in [4.69, 9.17) is 4.74 Å². The van der Waals surface area contributed by atoms with Crippen LogP contribution in [-0.2, 0) is 4.79 Å². The maximum atomic E-state index is 12.4. The molecule has 1 N–H and O–H groups in total. The van der Waals surface area contributed by atoms with E-state index >= 15 is 0 Å². The minimum atomic E-state index is -0.559. The summed E-state index contributed by atoms with van der Waals surface area (Å²) in [6.45, 7) is 1.74. The highest BCUT2D eigenvalue weighted by molar-refractivity contribution is 6.08. The number of nitrogens with one attached hydrogen (secondary N) is 1. The van der Waals surface area contributed by atoms with E-state index in [1.54, 1.807) is 43.3 Å². The molecule has 0 radical (unpaired) electrons. The van der Waals surface area contributed by atoms with Gasteiger partial charge in [-0.2, -0.15) is 0 Å². The minimum absolute atomic E-state index is 0.0285. The van der Waals surface area contributed by atoms with Crippen LogP contribution >= 0.6 is 0 Å². The molecule has 4 heteroatoms. The maximum Gasteiger partial charge on any atom is 0.260 e. The standard InChI is InChI=1S/C21H23NO3/c1-15(21(24)22-18-9-5-6-10-18)25-19-13-11-17(12-14-19)20(23)16-7-3-2-4-8-16/h2-4,7-8,11-15,18H,5-6,9-10H2,1H3,(H,22,24)/t15-/m0/s1. The highest BCUT2D eigenvalue weighted by Crippen LogP contribution is 2.19. The summed E-state index contributed by atoms with van der Waals surface area (Å²) < 4.78 is 5.70. The minimum Gasteiger partial charge on any atom is -0.481 e. The summed E-state index contributed by atoms with van der Waals surface area (Å²) in [6, 6.07) is 16.4. The van der Waals surface area contributed by atoms with Crippen molar-refractivity contribution in [3.63, 3.8) is 0 Å². The van der Waals surface area contributed by atoms with Gasteiger partial charge in [-0.3, -0.25) is 9.59 Å². The highest BCUT2D eigenvalue weighted by Gasteiger charge is 2.21. The van der Waals surface area contributed by atoms with E-state index in [-0.39, 0.29) is 17.7 Å². The average Bonchev–Trinajstić information content (AvgIpc) is 3.15. The van der Waals surface area contributed by atoms with Crippen molar-refractivity contribution in [3.05, 3.63) is 65.7 Å². The molecular formula is C21H23NO3. The van der Waals surface area contributed by atoms with Crippen molar-refractivity contribution >= 4 is 11.7 Å². The molecule has 3 rings (SSSR count). The number of hydrogen-bond donors (Lipinski definition) is 1. The first-order chi connectivity index (χ1) is 12.1. The summed E-state index contributed by atoms with van der Waals surface area (Å²) in [7, 11) is 0. The lowest BCUT2D eigenvalue weighted by atomic mass is 10.0. The van der Waals surface area contributed by atoms with Crippen molar-refractivity contribution in [1.82, 2.24) is 5.32 Å². The normalized spacial score (nSPS) is 15.6. The molecular weight excluding hydrogens is 314 g/mol. The summed E-state index contributed by atoms with van der Waals surface area (Å²) in [5, 5.41) is 3.03. The first-order valence-corrected chi connectivity index (χ1v) is 8.80. The van der Waals surface area contributed by atoms with E-state index < -0.39 is 6.10 Å². The Morgan fingerprint density at radius 1 is 0.960 bits per heavy atom. The molecule has 130 valence electrons. The molecule has 1 amide bonds. The van der Waals surface area contributed by atoms with Gasteiger partial charge in [0.25, 0.3) is 5.91 Å². The third kappa shape index (κ3) is 4.47. The lowest BCUT2D eigenvalue weighted by Gasteiger charge is -2.18. The molecule has 0 unspecified atom stereocenters. The Kier molecular flexibility index (Phi) is 5.49. The van der Waals surface area contributed by atoms with Crippen molar-refractivity contribution in [2.24, 2.45) is 0 Å². The third-order valence-electron chi connectivity index (χ3n) is 4.54. The topological polar surface area (TPSA) is 55.4 Å². The van der Waals surface area contributed by atoms with Crippen LogP contribution in [0, 0.1) is 0 Å². The maximum absolute atomic E-state index is 12.4. The summed E-state index contributed by atoms with van der Waals surface area (Å²) in [5.74, 6) is 0.467.